The zero-order chi connectivity index (χ0) is 26.5. The third-order valence-corrected chi connectivity index (χ3v) is 6.87. The van der Waals surface area contributed by atoms with E-state index in [1.165, 1.54) is 16.7 Å². The molecule has 0 radical (unpaired) electrons. The summed E-state index contributed by atoms with van der Waals surface area (Å²) in [6.45, 7) is 13.8. The first-order chi connectivity index (χ1) is 16.9. The van der Waals surface area contributed by atoms with Crippen molar-refractivity contribution in [2.24, 2.45) is 11.8 Å². The molecule has 1 aliphatic heterocycles. The molecule has 5 heteroatoms. The van der Waals surface area contributed by atoms with Crippen LogP contribution in [0.3, 0.4) is 0 Å². The number of allylic oxidation sites excluding steroid dienone is 1. The number of cyclic esters (lactones) is 1. The standard InChI is InChI=1S/C16H20N2O.C15H18O2/c1-16(2,3)14-10-8-13(9-11-14)6-4-5-7-15(19)12-18-17;1-15(2,3)10-6-4-9(5-7-10)12-11-8-17-14(16)13(11)12/h4,6,8-12H,5,7H2,1-3H3;4-7,11-13H,8H2,1-3H3/b6-4+;. The lowest BCUT2D eigenvalue weighted by Crippen LogP contribution is -2.11. The zero-order valence-corrected chi connectivity index (χ0v) is 22.3. The number of fused-ring (bicyclic) bond motifs is 1. The van der Waals surface area contributed by atoms with Crippen LogP contribution >= 0.6 is 0 Å². The second-order valence-electron chi connectivity index (χ2n) is 11.7. The predicted molar refractivity (Wildman–Crippen MR) is 144 cm³/mol. The van der Waals surface area contributed by atoms with E-state index in [0.717, 1.165) is 11.8 Å². The largest absolute Gasteiger partial charge is 0.465 e. The highest BCUT2D eigenvalue weighted by Gasteiger charge is 2.61. The summed E-state index contributed by atoms with van der Waals surface area (Å²) >= 11 is 0. The van der Waals surface area contributed by atoms with E-state index in [0.29, 0.717) is 31.3 Å². The minimum Gasteiger partial charge on any atom is -0.465 e. The maximum absolute atomic E-state index is 11.4. The highest BCUT2D eigenvalue weighted by Crippen LogP contribution is 2.58. The molecule has 190 valence electrons. The Morgan fingerprint density at radius 2 is 1.50 bits per heavy atom. The summed E-state index contributed by atoms with van der Waals surface area (Å²) < 4.78 is 5.01. The molecule has 1 saturated carbocycles. The van der Waals surface area contributed by atoms with E-state index >= 15 is 0 Å². The molecule has 4 rings (SSSR count). The van der Waals surface area contributed by atoms with Crippen molar-refractivity contribution >= 4 is 24.0 Å². The van der Waals surface area contributed by atoms with Crippen molar-refractivity contribution in [1.82, 2.24) is 0 Å². The molecule has 2 fully saturated rings. The van der Waals surface area contributed by atoms with E-state index in [1.54, 1.807) is 0 Å². The predicted octanol–water partition coefficient (Wildman–Crippen LogP) is 6.52. The van der Waals surface area contributed by atoms with Crippen LogP contribution in [-0.2, 0) is 25.2 Å². The van der Waals surface area contributed by atoms with Crippen molar-refractivity contribution in [3.05, 3.63) is 82.4 Å². The average Bonchev–Trinajstić information content (AvgIpc) is 3.43. The molecular weight excluding hydrogens is 448 g/mol. The molecule has 1 aliphatic carbocycles. The number of rotatable bonds is 6. The lowest BCUT2D eigenvalue weighted by molar-refractivity contribution is -0.141. The van der Waals surface area contributed by atoms with Gasteiger partial charge in [0.2, 0.25) is 5.78 Å². The van der Waals surface area contributed by atoms with Gasteiger partial charge < -0.3 is 10.3 Å². The van der Waals surface area contributed by atoms with Crippen molar-refractivity contribution < 1.29 is 19.1 Å². The topological polar surface area (TPSA) is 79.8 Å². The molecule has 0 spiro atoms. The van der Waals surface area contributed by atoms with Gasteiger partial charge in [-0.15, -0.1) is 0 Å². The Bertz CT molecular complexity index is 1140. The Morgan fingerprint density at radius 3 is 1.97 bits per heavy atom. The summed E-state index contributed by atoms with van der Waals surface area (Å²) in [5.41, 5.74) is 13.6. The Labute approximate surface area is 215 Å². The van der Waals surface area contributed by atoms with Gasteiger partial charge in [-0.2, -0.15) is 4.79 Å². The van der Waals surface area contributed by atoms with Crippen LogP contribution < -0.4 is 0 Å². The smallest absolute Gasteiger partial charge is 0.323 e. The van der Waals surface area contributed by atoms with E-state index < -0.39 is 0 Å². The van der Waals surface area contributed by atoms with Crippen LogP contribution in [0.25, 0.3) is 11.6 Å². The molecular formula is C31H38N2O3. The number of hydrogen-bond acceptors (Lipinski definition) is 3. The Kier molecular flexibility index (Phi) is 8.47. The Hall–Kier alpha value is -3.30. The quantitative estimate of drug-likeness (QED) is 0.202. The molecule has 2 aromatic carbocycles. The van der Waals surface area contributed by atoms with Gasteiger partial charge in [0.1, 0.15) is 0 Å². The second kappa shape index (κ2) is 11.2. The van der Waals surface area contributed by atoms with Crippen LogP contribution in [0.1, 0.15) is 82.6 Å². The van der Waals surface area contributed by atoms with Crippen molar-refractivity contribution in [1.29, 1.82) is 0 Å². The van der Waals surface area contributed by atoms with Gasteiger partial charge in [0, 0.05) is 18.3 Å². The maximum atomic E-state index is 11.4. The highest BCUT2D eigenvalue weighted by atomic mass is 16.5. The van der Waals surface area contributed by atoms with Gasteiger partial charge in [-0.05, 0) is 39.5 Å². The molecule has 0 amide bonds. The van der Waals surface area contributed by atoms with Gasteiger partial charge in [-0.3, -0.25) is 9.59 Å². The van der Waals surface area contributed by atoms with Crippen LogP contribution in [0.2, 0.25) is 0 Å². The van der Waals surface area contributed by atoms with Gasteiger partial charge in [0.25, 0.3) is 0 Å². The third-order valence-electron chi connectivity index (χ3n) is 6.87. The van der Waals surface area contributed by atoms with Gasteiger partial charge in [-0.1, -0.05) is 102 Å². The fraction of sp³-hybridized carbons (Fsp3) is 0.452. The van der Waals surface area contributed by atoms with Crippen molar-refractivity contribution in [3.8, 4) is 0 Å². The molecule has 0 aromatic heterocycles. The van der Waals surface area contributed by atoms with Crippen LogP contribution in [0, 0.1) is 11.8 Å². The van der Waals surface area contributed by atoms with Crippen molar-refractivity contribution in [2.75, 3.05) is 6.61 Å². The minimum atomic E-state index is -0.171. The Balaban J connectivity index is 0.000000201. The molecule has 1 saturated heterocycles. The lowest BCUT2D eigenvalue weighted by atomic mass is 9.86. The molecule has 1 heterocycles. The number of carbonyl (C=O) groups excluding carboxylic acids is 2. The number of hydrogen-bond donors (Lipinski definition) is 0. The SMILES string of the molecule is CC(C)(C)c1ccc(/C=C/CCC(=O)C=[N+]=[N-])cc1.CC(C)(C)c1ccc(C2C3COC(=O)C32)cc1. The summed E-state index contributed by atoms with van der Waals surface area (Å²) in [5.74, 6) is 0.846. The van der Waals surface area contributed by atoms with Crippen molar-refractivity contribution in [2.45, 2.75) is 71.1 Å². The first-order valence-electron chi connectivity index (χ1n) is 12.7. The number of esters is 1. The van der Waals surface area contributed by atoms with Gasteiger partial charge in [-0.25, -0.2) is 0 Å². The molecule has 3 atom stereocenters. The molecule has 0 N–H and O–H groups in total. The minimum absolute atomic E-state index is 0.0000945. The first-order valence-corrected chi connectivity index (χ1v) is 12.7. The number of Topliss-reactive ketones (excluding diaryl/α,β-unsaturated/α-hetero) is 1. The van der Waals surface area contributed by atoms with E-state index in [4.69, 9.17) is 10.3 Å². The molecule has 2 aromatic rings. The van der Waals surface area contributed by atoms with Gasteiger partial charge in [0.15, 0.2) is 0 Å². The number of nitrogens with zero attached hydrogens (tertiary/aromatic N) is 2. The van der Waals surface area contributed by atoms with Crippen LogP contribution in [0.5, 0.6) is 0 Å². The van der Waals surface area contributed by atoms with Crippen LogP contribution in [0.4, 0.5) is 0 Å². The molecule has 3 unspecified atom stereocenters. The maximum Gasteiger partial charge on any atom is 0.323 e. The summed E-state index contributed by atoms with van der Waals surface area (Å²) in [6, 6.07) is 17.1. The molecule has 5 nitrogen and oxygen atoms in total. The zero-order valence-electron chi connectivity index (χ0n) is 22.3. The van der Waals surface area contributed by atoms with E-state index in [2.05, 4.69) is 94.9 Å². The van der Waals surface area contributed by atoms with Crippen LogP contribution in [-0.4, -0.2) is 29.4 Å². The second-order valence-corrected chi connectivity index (χ2v) is 11.7. The van der Waals surface area contributed by atoms with E-state index in [9.17, 15) is 9.59 Å². The molecule has 36 heavy (non-hydrogen) atoms. The summed E-state index contributed by atoms with van der Waals surface area (Å²) in [7, 11) is 0. The van der Waals surface area contributed by atoms with Crippen molar-refractivity contribution in [3.63, 3.8) is 0 Å². The fourth-order valence-corrected chi connectivity index (χ4v) is 4.51. The number of ether oxygens (including phenoxy) is 1. The lowest BCUT2D eigenvalue weighted by Gasteiger charge is -2.19. The van der Waals surface area contributed by atoms with E-state index in [-0.39, 0.29) is 28.5 Å². The van der Waals surface area contributed by atoms with Gasteiger partial charge >= 0.3 is 12.2 Å². The van der Waals surface area contributed by atoms with Crippen LogP contribution in [0.15, 0.2) is 54.6 Å². The van der Waals surface area contributed by atoms with E-state index in [1.807, 2.05) is 12.2 Å². The molecule has 0 bridgehead atoms. The summed E-state index contributed by atoms with van der Waals surface area (Å²) in [4.78, 5) is 25.2. The average molecular weight is 487 g/mol. The number of ketones is 1. The van der Waals surface area contributed by atoms with Gasteiger partial charge in [0.05, 0.1) is 12.5 Å². The number of carbonyl (C=O) groups is 2. The summed E-state index contributed by atoms with van der Waals surface area (Å²) in [6.07, 6.45) is 5.89. The first kappa shape index (κ1) is 27.3. The fourth-order valence-electron chi connectivity index (χ4n) is 4.51. The summed E-state index contributed by atoms with van der Waals surface area (Å²) in [5, 5.41) is 0. The monoisotopic (exact) mass is 486 g/mol. The Morgan fingerprint density at radius 1 is 0.944 bits per heavy atom. The third kappa shape index (κ3) is 7.11. The normalized spacial score (nSPS) is 20.6. The highest BCUT2D eigenvalue weighted by molar-refractivity contribution is 6.25. The number of benzene rings is 2. The molecule has 2 aliphatic rings.